The van der Waals surface area contributed by atoms with E-state index in [0.717, 1.165) is 17.7 Å². The lowest BCUT2D eigenvalue weighted by Crippen LogP contribution is -2.06. The summed E-state index contributed by atoms with van der Waals surface area (Å²) in [6.45, 7) is -2.93. The van der Waals surface area contributed by atoms with Crippen LogP contribution in [-0.4, -0.2) is 6.61 Å². The number of rotatable bonds is 5. The predicted molar refractivity (Wildman–Crippen MR) is 68.2 cm³/mol. The molecule has 0 aliphatic heterocycles. The summed E-state index contributed by atoms with van der Waals surface area (Å²) in [6.07, 6.45) is 0. The largest absolute Gasteiger partial charge is 0.487 e. The van der Waals surface area contributed by atoms with Crippen molar-refractivity contribution < 1.29 is 22.6 Å². The van der Waals surface area contributed by atoms with Crippen LogP contribution < -0.4 is 15.2 Å². The normalized spacial score (nSPS) is 10.6. The first kappa shape index (κ1) is 14.0. The van der Waals surface area contributed by atoms with Crippen molar-refractivity contribution in [3.05, 3.63) is 53.8 Å². The molecule has 20 heavy (non-hydrogen) atoms. The minimum atomic E-state index is -3.12. The molecular formula is C14H12F3NO2. The van der Waals surface area contributed by atoms with E-state index in [0.29, 0.717) is 0 Å². The van der Waals surface area contributed by atoms with Gasteiger partial charge in [0.05, 0.1) is 5.69 Å². The van der Waals surface area contributed by atoms with Gasteiger partial charge in [-0.15, -0.1) is 0 Å². The molecule has 0 aliphatic carbocycles. The van der Waals surface area contributed by atoms with Crippen molar-refractivity contribution in [2.24, 2.45) is 0 Å². The zero-order valence-corrected chi connectivity index (χ0v) is 10.4. The van der Waals surface area contributed by atoms with Gasteiger partial charge in [0.2, 0.25) is 0 Å². The molecule has 2 N–H and O–H groups in total. The highest BCUT2D eigenvalue weighted by molar-refractivity contribution is 5.56. The van der Waals surface area contributed by atoms with Crippen LogP contribution in [0.5, 0.6) is 11.5 Å². The smallest absolute Gasteiger partial charge is 0.387 e. The van der Waals surface area contributed by atoms with Crippen molar-refractivity contribution in [1.29, 1.82) is 0 Å². The van der Waals surface area contributed by atoms with E-state index in [4.69, 9.17) is 10.5 Å². The standard InChI is InChI=1S/C14H12F3NO2/c15-10-6-11(18)13(7-12(10)20-14(16)17)19-8-9-4-2-1-3-5-9/h1-7,14H,8,18H2. The van der Waals surface area contributed by atoms with Gasteiger partial charge in [-0.2, -0.15) is 8.78 Å². The van der Waals surface area contributed by atoms with Crippen molar-refractivity contribution >= 4 is 5.69 Å². The van der Waals surface area contributed by atoms with Crippen LogP contribution in [0.25, 0.3) is 0 Å². The van der Waals surface area contributed by atoms with E-state index in [-0.39, 0.29) is 18.0 Å². The summed E-state index contributed by atoms with van der Waals surface area (Å²) in [6, 6.07) is 11.1. The summed E-state index contributed by atoms with van der Waals surface area (Å²) >= 11 is 0. The molecule has 2 aromatic carbocycles. The average molecular weight is 283 g/mol. The van der Waals surface area contributed by atoms with Gasteiger partial charge >= 0.3 is 6.61 Å². The Kier molecular flexibility index (Phi) is 4.34. The second-order valence-electron chi connectivity index (χ2n) is 3.97. The fourth-order valence-corrected chi connectivity index (χ4v) is 1.60. The third kappa shape index (κ3) is 3.57. The zero-order valence-electron chi connectivity index (χ0n) is 10.4. The van der Waals surface area contributed by atoms with Crippen molar-refractivity contribution in [2.75, 3.05) is 5.73 Å². The molecule has 0 amide bonds. The number of halogens is 3. The molecule has 0 fully saturated rings. The molecule has 0 unspecified atom stereocenters. The number of nitrogens with two attached hydrogens (primary N) is 1. The lowest BCUT2D eigenvalue weighted by Gasteiger charge is -2.12. The first-order valence-corrected chi connectivity index (χ1v) is 5.77. The number of benzene rings is 2. The highest BCUT2D eigenvalue weighted by atomic mass is 19.3. The number of hydrogen-bond donors (Lipinski definition) is 1. The van der Waals surface area contributed by atoms with E-state index in [1.807, 2.05) is 30.3 Å². The number of alkyl halides is 2. The Hall–Kier alpha value is -2.37. The van der Waals surface area contributed by atoms with Gasteiger partial charge in [0, 0.05) is 12.1 Å². The minimum Gasteiger partial charge on any atom is -0.487 e. The quantitative estimate of drug-likeness (QED) is 0.853. The number of ether oxygens (including phenoxy) is 2. The topological polar surface area (TPSA) is 44.5 Å². The second kappa shape index (κ2) is 6.18. The molecule has 0 saturated heterocycles. The third-order valence-electron chi connectivity index (χ3n) is 2.52. The van der Waals surface area contributed by atoms with Gasteiger partial charge in [0.1, 0.15) is 12.4 Å². The molecular weight excluding hydrogens is 271 g/mol. The summed E-state index contributed by atoms with van der Waals surface area (Å²) in [5.74, 6) is -1.47. The van der Waals surface area contributed by atoms with Crippen molar-refractivity contribution in [3.8, 4) is 11.5 Å². The molecule has 0 aliphatic rings. The molecule has 0 heterocycles. The predicted octanol–water partition coefficient (Wildman–Crippen LogP) is 3.59. The molecule has 0 radical (unpaired) electrons. The number of hydrogen-bond acceptors (Lipinski definition) is 3. The number of anilines is 1. The average Bonchev–Trinajstić information content (AvgIpc) is 2.41. The van der Waals surface area contributed by atoms with Gasteiger partial charge in [0.15, 0.2) is 11.6 Å². The summed E-state index contributed by atoms with van der Waals surface area (Å²) in [5.41, 5.74) is 6.46. The van der Waals surface area contributed by atoms with E-state index in [9.17, 15) is 13.2 Å². The Balaban J connectivity index is 2.14. The lowest BCUT2D eigenvalue weighted by atomic mass is 10.2. The van der Waals surface area contributed by atoms with Crippen LogP contribution in [0.3, 0.4) is 0 Å². The fraction of sp³-hybridized carbons (Fsp3) is 0.143. The molecule has 0 bridgehead atoms. The molecule has 0 spiro atoms. The van der Waals surface area contributed by atoms with Crippen LogP contribution >= 0.6 is 0 Å². The van der Waals surface area contributed by atoms with E-state index in [2.05, 4.69) is 4.74 Å². The van der Waals surface area contributed by atoms with Gasteiger partial charge in [-0.3, -0.25) is 0 Å². The second-order valence-corrected chi connectivity index (χ2v) is 3.97. The van der Waals surface area contributed by atoms with Crippen LogP contribution in [0.15, 0.2) is 42.5 Å². The highest BCUT2D eigenvalue weighted by Gasteiger charge is 2.14. The summed E-state index contributed by atoms with van der Waals surface area (Å²) in [5, 5.41) is 0. The molecule has 0 saturated carbocycles. The maximum absolute atomic E-state index is 13.4. The van der Waals surface area contributed by atoms with Gasteiger partial charge in [-0.1, -0.05) is 30.3 Å². The van der Waals surface area contributed by atoms with Crippen LogP contribution in [0.4, 0.5) is 18.9 Å². The van der Waals surface area contributed by atoms with E-state index in [1.165, 1.54) is 0 Å². The maximum Gasteiger partial charge on any atom is 0.387 e. The van der Waals surface area contributed by atoms with Gasteiger partial charge in [-0.05, 0) is 5.56 Å². The van der Waals surface area contributed by atoms with Crippen LogP contribution in [0, 0.1) is 5.82 Å². The zero-order chi connectivity index (χ0) is 14.5. The molecule has 0 aromatic heterocycles. The van der Waals surface area contributed by atoms with Gasteiger partial charge < -0.3 is 15.2 Å². The van der Waals surface area contributed by atoms with E-state index < -0.39 is 18.2 Å². The lowest BCUT2D eigenvalue weighted by molar-refractivity contribution is -0.0522. The van der Waals surface area contributed by atoms with Crippen LogP contribution in [-0.2, 0) is 6.61 Å². The first-order chi connectivity index (χ1) is 9.56. The monoisotopic (exact) mass is 283 g/mol. The van der Waals surface area contributed by atoms with Crippen LogP contribution in [0.2, 0.25) is 0 Å². The highest BCUT2D eigenvalue weighted by Crippen LogP contribution is 2.31. The fourth-order valence-electron chi connectivity index (χ4n) is 1.60. The Labute approximate surface area is 113 Å². The Morgan fingerprint density at radius 3 is 2.40 bits per heavy atom. The van der Waals surface area contributed by atoms with Crippen LogP contribution in [0.1, 0.15) is 5.56 Å². The third-order valence-corrected chi connectivity index (χ3v) is 2.52. The minimum absolute atomic E-state index is 0.0139. The first-order valence-electron chi connectivity index (χ1n) is 5.77. The van der Waals surface area contributed by atoms with E-state index >= 15 is 0 Å². The Morgan fingerprint density at radius 1 is 1.05 bits per heavy atom. The molecule has 2 rings (SSSR count). The molecule has 106 valence electrons. The maximum atomic E-state index is 13.4. The Morgan fingerprint density at radius 2 is 1.75 bits per heavy atom. The van der Waals surface area contributed by atoms with Gasteiger partial charge in [-0.25, -0.2) is 4.39 Å². The van der Waals surface area contributed by atoms with Crippen molar-refractivity contribution in [1.82, 2.24) is 0 Å². The van der Waals surface area contributed by atoms with E-state index in [1.54, 1.807) is 0 Å². The SMILES string of the molecule is Nc1cc(F)c(OC(F)F)cc1OCc1ccccc1. The van der Waals surface area contributed by atoms with Crippen molar-refractivity contribution in [2.45, 2.75) is 13.2 Å². The molecule has 3 nitrogen and oxygen atoms in total. The summed E-state index contributed by atoms with van der Waals surface area (Å²) in [7, 11) is 0. The van der Waals surface area contributed by atoms with Gasteiger partial charge in [0.25, 0.3) is 0 Å². The number of nitrogen functional groups attached to an aromatic ring is 1. The summed E-state index contributed by atoms with van der Waals surface area (Å²) in [4.78, 5) is 0. The molecule has 0 atom stereocenters. The van der Waals surface area contributed by atoms with Crippen molar-refractivity contribution in [3.63, 3.8) is 0 Å². The summed E-state index contributed by atoms with van der Waals surface area (Å²) < 4.78 is 47.0. The molecule has 2 aromatic rings. The molecule has 6 heteroatoms. The Bertz CT molecular complexity index is 576.